The highest BCUT2D eigenvalue weighted by Crippen LogP contribution is 2.30. The van der Waals surface area contributed by atoms with Crippen molar-refractivity contribution in [1.29, 1.82) is 0 Å². The third-order valence-corrected chi connectivity index (χ3v) is 3.17. The summed E-state index contributed by atoms with van der Waals surface area (Å²) in [6.45, 7) is 4.51. The van der Waals surface area contributed by atoms with E-state index in [1.54, 1.807) is 0 Å². The van der Waals surface area contributed by atoms with E-state index in [4.69, 9.17) is 14.6 Å². The average molecular weight is 284 g/mol. The van der Waals surface area contributed by atoms with Gasteiger partial charge < -0.3 is 19.7 Å². The molecule has 0 radical (unpaired) electrons. The first-order chi connectivity index (χ1) is 9.49. The normalized spacial score (nSPS) is 29.4. The molecule has 20 heavy (non-hydrogen) atoms. The van der Waals surface area contributed by atoms with Gasteiger partial charge in [-0.15, -0.1) is 0 Å². The number of aliphatic hydroxyl groups is 2. The van der Waals surface area contributed by atoms with Crippen LogP contribution in [-0.4, -0.2) is 44.7 Å². The molecule has 2 rings (SSSR count). The van der Waals surface area contributed by atoms with Gasteiger partial charge in [-0.25, -0.2) is 4.79 Å². The summed E-state index contributed by atoms with van der Waals surface area (Å²) in [5, 5.41) is 19.1. The van der Waals surface area contributed by atoms with Crippen molar-refractivity contribution < 1.29 is 19.7 Å². The van der Waals surface area contributed by atoms with Gasteiger partial charge in [-0.05, 0) is 6.92 Å². The third-order valence-electron chi connectivity index (χ3n) is 3.17. The van der Waals surface area contributed by atoms with Gasteiger partial charge in [0.05, 0.1) is 12.9 Å². The van der Waals surface area contributed by atoms with E-state index in [9.17, 15) is 14.7 Å². The number of aryl methyl sites for hydroxylation is 1. The van der Waals surface area contributed by atoms with Gasteiger partial charge >= 0.3 is 5.69 Å². The number of H-pyrrole nitrogens is 1. The van der Waals surface area contributed by atoms with Gasteiger partial charge in [0.15, 0.2) is 12.3 Å². The highest BCUT2D eigenvalue weighted by atomic mass is 16.6. The predicted octanol–water partition coefficient (Wildman–Crippen LogP) is -1.38. The number of rotatable bonds is 4. The molecule has 0 aromatic carbocycles. The zero-order valence-corrected chi connectivity index (χ0v) is 10.9. The molecule has 0 bridgehead atoms. The van der Waals surface area contributed by atoms with Gasteiger partial charge in [0.25, 0.3) is 5.56 Å². The van der Waals surface area contributed by atoms with Crippen LogP contribution in [-0.2, 0) is 9.47 Å². The lowest BCUT2D eigenvalue weighted by Gasteiger charge is -2.21. The maximum atomic E-state index is 11.8. The fourth-order valence-corrected chi connectivity index (χ4v) is 2.13. The molecular formula is C12H16N2O6. The van der Waals surface area contributed by atoms with Crippen molar-refractivity contribution in [2.75, 3.05) is 6.61 Å². The molecule has 1 aliphatic heterocycles. The Balaban J connectivity index is 2.44. The summed E-state index contributed by atoms with van der Waals surface area (Å²) in [5.74, 6) is 0. The Kier molecular flexibility index (Phi) is 4.07. The molecule has 1 fully saturated rings. The Labute approximate surface area is 113 Å². The number of aliphatic hydroxyl groups excluding tert-OH is 2. The van der Waals surface area contributed by atoms with E-state index < -0.39 is 42.4 Å². The average Bonchev–Trinajstić information content (AvgIpc) is 2.72. The minimum Gasteiger partial charge on any atom is -0.491 e. The van der Waals surface area contributed by atoms with E-state index >= 15 is 0 Å². The van der Waals surface area contributed by atoms with Crippen LogP contribution in [0.1, 0.15) is 11.8 Å². The van der Waals surface area contributed by atoms with E-state index in [1.165, 1.54) is 13.1 Å². The first-order valence-corrected chi connectivity index (χ1v) is 6.02. The second-order valence-corrected chi connectivity index (χ2v) is 4.48. The molecule has 1 saturated heterocycles. The highest BCUT2D eigenvalue weighted by Gasteiger charge is 2.46. The van der Waals surface area contributed by atoms with Crippen LogP contribution in [0.4, 0.5) is 0 Å². The second-order valence-electron chi connectivity index (χ2n) is 4.48. The third kappa shape index (κ3) is 2.40. The van der Waals surface area contributed by atoms with Crippen molar-refractivity contribution in [3.05, 3.63) is 45.4 Å². The number of nitrogens with one attached hydrogen (secondary N) is 1. The monoisotopic (exact) mass is 284 g/mol. The molecule has 0 saturated carbocycles. The molecule has 2 heterocycles. The van der Waals surface area contributed by atoms with Gasteiger partial charge in [0, 0.05) is 11.8 Å². The van der Waals surface area contributed by atoms with Gasteiger partial charge in [0.2, 0.25) is 0 Å². The van der Waals surface area contributed by atoms with Crippen LogP contribution in [0.5, 0.6) is 0 Å². The topological polar surface area (TPSA) is 114 Å². The van der Waals surface area contributed by atoms with Crippen LogP contribution in [0.2, 0.25) is 0 Å². The van der Waals surface area contributed by atoms with Crippen LogP contribution in [0.15, 0.2) is 28.6 Å². The summed E-state index contributed by atoms with van der Waals surface area (Å²) in [6.07, 6.45) is -1.45. The lowest BCUT2D eigenvalue weighted by molar-refractivity contribution is -0.0568. The fraction of sp³-hybridized carbons (Fsp3) is 0.500. The number of aromatic amines is 1. The van der Waals surface area contributed by atoms with Crippen LogP contribution < -0.4 is 11.2 Å². The first-order valence-electron chi connectivity index (χ1n) is 6.02. The minimum atomic E-state index is -1.12. The SMILES string of the molecule is C=CO[C@@H]1[C@H](O)[C@@H](CO)O[C@H]1n1cc(C)c(=O)[nH]c1=O. The molecule has 110 valence electrons. The van der Waals surface area contributed by atoms with Gasteiger partial charge in [-0.1, -0.05) is 6.58 Å². The standard InChI is InChI=1S/C12H16N2O6/c1-3-19-9-8(16)7(5-15)20-11(9)14-4-6(2)10(17)13-12(14)18/h3-4,7-9,11,15-16H,1,5H2,2H3,(H,13,17,18)/t7-,8-,9-,11-/m1/s1. The van der Waals surface area contributed by atoms with Crippen molar-refractivity contribution in [3.8, 4) is 0 Å². The van der Waals surface area contributed by atoms with Crippen LogP contribution in [0.3, 0.4) is 0 Å². The number of ether oxygens (including phenoxy) is 2. The van der Waals surface area contributed by atoms with Crippen LogP contribution in [0, 0.1) is 6.92 Å². The summed E-state index contributed by atoms with van der Waals surface area (Å²) < 4.78 is 11.7. The number of hydrogen-bond acceptors (Lipinski definition) is 6. The Hall–Kier alpha value is -1.90. The minimum absolute atomic E-state index is 0.312. The molecule has 8 heteroatoms. The number of hydrogen-bond donors (Lipinski definition) is 3. The lowest BCUT2D eigenvalue weighted by atomic mass is 10.1. The Morgan fingerprint density at radius 3 is 2.90 bits per heavy atom. The summed E-state index contributed by atoms with van der Waals surface area (Å²) in [5.41, 5.74) is -0.869. The maximum Gasteiger partial charge on any atom is 0.330 e. The van der Waals surface area contributed by atoms with Crippen LogP contribution in [0.25, 0.3) is 0 Å². The highest BCUT2D eigenvalue weighted by molar-refractivity contribution is 5.03. The first kappa shape index (κ1) is 14.5. The Morgan fingerprint density at radius 2 is 2.30 bits per heavy atom. The summed E-state index contributed by atoms with van der Waals surface area (Å²) in [6, 6.07) is 0. The zero-order valence-electron chi connectivity index (χ0n) is 10.9. The second kappa shape index (κ2) is 5.61. The molecular weight excluding hydrogens is 268 g/mol. The van der Waals surface area contributed by atoms with Crippen molar-refractivity contribution in [1.82, 2.24) is 9.55 Å². The van der Waals surface area contributed by atoms with E-state index in [0.29, 0.717) is 5.56 Å². The molecule has 0 unspecified atom stereocenters. The number of nitrogens with zero attached hydrogens (tertiary/aromatic N) is 1. The summed E-state index contributed by atoms with van der Waals surface area (Å²) >= 11 is 0. The van der Waals surface area contributed by atoms with E-state index in [2.05, 4.69) is 11.6 Å². The van der Waals surface area contributed by atoms with Crippen LogP contribution >= 0.6 is 0 Å². The van der Waals surface area contributed by atoms with Crippen molar-refractivity contribution in [3.63, 3.8) is 0 Å². The Bertz CT molecular complexity index is 607. The largest absolute Gasteiger partial charge is 0.491 e. The lowest BCUT2D eigenvalue weighted by Crippen LogP contribution is -2.39. The van der Waals surface area contributed by atoms with E-state index in [-0.39, 0.29) is 0 Å². The van der Waals surface area contributed by atoms with Gasteiger partial charge in [-0.3, -0.25) is 14.3 Å². The molecule has 1 aromatic heterocycles. The summed E-state index contributed by atoms with van der Waals surface area (Å²) in [4.78, 5) is 25.3. The smallest absolute Gasteiger partial charge is 0.330 e. The molecule has 8 nitrogen and oxygen atoms in total. The molecule has 0 spiro atoms. The van der Waals surface area contributed by atoms with E-state index in [0.717, 1.165) is 10.8 Å². The molecule has 0 aliphatic carbocycles. The van der Waals surface area contributed by atoms with Crippen molar-refractivity contribution in [2.24, 2.45) is 0 Å². The van der Waals surface area contributed by atoms with Crippen molar-refractivity contribution >= 4 is 0 Å². The molecule has 1 aromatic rings. The predicted molar refractivity (Wildman–Crippen MR) is 68.1 cm³/mol. The quantitative estimate of drug-likeness (QED) is 0.587. The molecule has 3 N–H and O–H groups in total. The molecule has 1 aliphatic rings. The molecule has 4 atom stereocenters. The van der Waals surface area contributed by atoms with Gasteiger partial charge in [0.1, 0.15) is 12.2 Å². The van der Waals surface area contributed by atoms with E-state index in [1.807, 2.05) is 0 Å². The summed E-state index contributed by atoms with van der Waals surface area (Å²) in [7, 11) is 0. The molecule has 0 amide bonds. The van der Waals surface area contributed by atoms with Crippen molar-refractivity contribution in [2.45, 2.75) is 31.5 Å². The van der Waals surface area contributed by atoms with Gasteiger partial charge in [-0.2, -0.15) is 0 Å². The fourth-order valence-electron chi connectivity index (χ4n) is 2.13. The number of aromatic nitrogens is 2. The maximum absolute atomic E-state index is 11.8. The zero-order chi connectivity index (χ0) is 14.9. The Morgan fingerprint density at radius 1 is 1.60 bits per heavy atom.